The van der Waals surface area contributed by atoms with Crippen LogP contribution in [0, 0.1) is 10.1 Å². The summed E-state index contributed by atoms with van der Waals surface area (Å²) in [6, 6.07) is 14.9. The zero-order valence-electron chi connectivity index (χ0n) is 16.4. The molecular weight excluding hydrogens is 362 g/mol. The minimum Gasteiger partial charge on any atom is -0.339 e. The molecule has 0 fully saturated rings. The Morgan fingerprint density at radius 1 is 1.07 bits per heavy atom. The molecule has 1 N–H and O–H groups in total. The Kier molecular flexibility index (Phi) is 5.38. The second kappa shape index (κ2) is 8.27. The van der Waals surface area contributed by atoms with Gasteiger partial charge in [-0.15, -0.1) is 0 Å². The van der Waals surface area contributed by atoms with Crippen LogP contribution >= 0.6 is 0 Å². The minimum atomic E-state index is -0.364. The van der Waals surface area contributed by atoms with Gasteiger partial charge in [-0.1, -0.05) is 50.1 Å². The van der Waals surface area contributed by atoms with Crippen molar-refractivity contribution in [3.05, 3.63) is 76.5 Å². The highest BCUT2D eigenvalue weighted by atomic mass is 16.6. The van der Waals surface area contributed by atoms with Crippen LogP contribution < -0.4 is 0 Å². The zero-order valence-corrected chi connectivity index (χ0v) is 16.4. The van der Waals surface area contributed by atoms with Crippen LogP contribution in [0.4, 0.5) is 5.69 Å². The number of nitro groups is 1. The van der Waals surface area contributed by atoms with E-state index in [1.54, 1.807) is 12.1 Å². The van der Waals surface area contributed by atoms with E-state index in [2.05, 4.69) is 41.2 Å². The van der Waals surface area contributed by atoms with Crippen LogP contribution in [-0.2, 0) is 0 Å². The summed E-state index contributed by atoms with van der Waals surface area (Å²) < 4.78 is 0. The first kappa shape index (κ1) is 18.9. The Labute approximate surface area is 169 Å². The van der Waals surface area contributed by atoms with Gasteiger partial charge >= 0.3 is 0 Å². The number of rotatable bonds is 7. The van der Waals surface area contributed by atoms with Gasteiger partial charge in [-0.3, -0.25) is 10.1 Å². The molecule has 5 nitrogen and oxygen atoms in total. The maximum Gasteiger partial charge on any atom is 0.270 e. The fraction of sp³-hybridized carbons (Fsp3) is 0.208. The zero-order chi connectivity index (χ0) is 20.2. The van der Waals surface area contributed by atoms with E-state index >= 15 is 0 Å². The van der Waals surface area contributed by atoms with E-state index < -0.39 is 0 Å². The topological polar surface area (TPSA) is 71.8 Å². The van der Waals surface area contributed by atoms with Crippen LogP contribution in [0.1, 0.15) is 38.2 Å². The van der Waals surface area contributed by atoms with Crippen LogP contribution in [0.3, 0.4) is 0 Å². The number of aromatic amines is 1. The Morgan fingerprint density at radius 2 is 1.93 bits per heavy atom. The summed E-state index contributed by atoms with van der Waals surface area (Å²) in [7, 11) is 0. The van der Waals surface area contributed by atoms with Crippen molar-refractivity contribution in [1.82, 2.24) is 9.97 Å². The molecule has 0 unspecified atom stereocenters. The van der Waals surface area contributed by atoms with Crippen molar-refractivity contribution in [3.8, 4) is 11.1 Å². The number of non-ortho nitro benzene ring substituents is 1. The summed E-state index contributed by atoms with van der Waals surface area (Å²) in [5, 5.41) is 13.2. The molecule has 0 bridgehead atoms. The SMILES string of the molecule is CCCCC/C=C/c1cnc2[nH]c3ccc(-c4cccc([N+](=O)[O-])c4)cc3c2c1. The molecule has 5 heteroatoms. The first-order valence-electron chi connectivity index (χ1n) is 9.98. The Morgan fingerprint density at radius 3 is 2.76 bits per heavy atom. The van der Waals surface area contributed by atoms with Gasteiger partial charge in [0.1, 0.15) is 5.65 Å². The molecule has 2 aromatic carbocycles. The summed E-state index contributed by atoms with van der Waals surface area (Å²) >= 11 is 0. The lowest BCUT2D eigenvalue weighted by atomic mass is 10.0. The molecule has 0 saturated carbocycles. The number of fused-ring (bicyclic) bond motifs is 3. The molecule has 4 rings (SSSR count). The summed E-state index contributed by atoms with van der Waals surface area (Å²) in [6.45, 7) is 2.21. The van der Waals surface area contributed by atoms with Crippen LogP contribution in [0.2, 0.25) is 0 Å². The second-order valence-electron chi connectivity index (χ2n) is 7.26. The predicted octanol–water partition coefficient (Wildman–Crippen LogP) is 6.88. The average molecular weight is 385 g/mol. The lowest BCUT2D eigenvalue weighted by Gasteiger charge is -2.02. The van der Waals surface area contributed by atoms with E-state index in [-0.39, 0.29) is 10.6 Å². The van der Waals surface area contributed by atoms with E-state index in [1.807, 2.05) is 24.4 Å². The predicted molar refractivity (Wildman–Crippen MR) is 119 cm³/mol. The molecule has 0 aliphatic rings. The highest BCUT2D eigenvalue weighted by Gasteiger charge is 2.10. The average Bonchev–Trinajstić information content (AvgIpc) is 3.11. The summed E-state index contributed by atoms with van der Waals surface area (Å²) in [5.74, 6) is 0. The molecule has 0 aliphatic carbocycles. The van der Waals surface area contributed by atoms with Gasteiger partial charge in [-0.05, 0) is 47.7 Å². The van der Waals surface area contributed by atoms with Crippen LogP contribution in [0.25, 0.3) is 39.1 Å². The summed E-state index contributed by atoms with van der Waals surface area (Å²) in [5.41, 5.74) is 4.80. The maximum absolute atomic E-state index is 11.1. The monoisotopic (exact) mass is 385 g/mol. The van der Waals surface area contributed by atoms with Crippen molar-refractivity contribution in [2.45, 2.75) is 32.6 Å². The number of nitrogens with one attached hydrogen (secondary N) is 1. The van der Waals surface area contributed by atoms with Crippen molar-refractivity contribution in [2.24, 2.45) is 0 Å². The fourth-order valence-corrected chi connectivity index (χ4v) is 3.59. The van der Waals surface area contributed by atoms with E-state index in [0.29, 0.717) is 0 Å². The minimum absolute atomic E-state index is 0.0960. The number of nitro benzene ring substituents is 1. The first-order chi connectivity index (χ1) is 14.2. The van der Waals surface area contributed by atoms with Crippen molar-refractivity contribution < 1.29 is 4.92 Å². The fourth-order valence-electron chi connectivity index (χ4n) is 3.59. The molecule has 0 atom stereocenters. The molecule has 2 aromatic heterocycles. The number of aromatic nitrogens is 2. The smallest absolute Gasteiger partial charge is 0.270 e. The van der Waals surface area contributed by atoms with Crippen LogP contribution in [-0.4, -0.2) is 14.9 Å². The molecule has 4 aromatic rings. The Balaban J connectivity index is 1.71. The molecule has 0 spiro atoms. The third-order valence-electron chi connectivity index (χ3n) is 5.15. The quantitative estimate of drug-likeness (QED) is 0.214. The van der Waals surface area contributed by atoms with Gasteiger partial charge in [0.15, 0.2) is 0 Å². The van der Waals surface area contributed by atoms with Gasteiger partial charge in [0.2, 0.25) is 0 Å². The number of pyridine rings is 1. The highest BCUT2D eigenvalue weighted by Crippen LogP contribution is 2.31. The van der Waals surface area contributed by atoms with Crippen LogP contribution in [0.5, 0.6) is 0 Å². The third-order valence-corrected chi connectivity index (χ3v) is 5.15. The molecule has 0 aliphatic heterocycles. The molecule has 2 heterocycles. The van der Waals surface area contributed by atoms with Gasteiger partial charge in [-0.25, -0.2) is 4.98 Å². The lowest BCUT2D eigenvalue weighted by molar-refractivity contribution is -0.384. The molecule has 146 valence electrons. The van der Waals surface area contributed by atoms with Gasteiger partial charge in [0.25, 0.3) is 5.69 Å². The number of nitrogens with zero attached hydrogens (tertiary/aromatic N) is 2. The largest absolute Gasteiger partial charge is 0.339 e. The van der Waals surface area contributed by atoms with Crippen molar-refractivity contribution >= 4 is 33.7 Å². The summed E-state index contributed by atoms with van der Waals surface area (Å²) in [4.78, 5) is 18.7. The van der Waals surface area contributed by atoms with Crippen molar-refractivity contribution in [3.63, 3.8) is 0 Å². The lowest BCUT2D eigenvalue weighted by Crippen LogP contribution is -1.88. The molecule has 0 amide bonds. The third kappa shape index (κ3) is 4.04. The van der Waals surface area contributed by atoms with Gasteiger partial charge < -0.3 is 4.98 Å². The van der Waals surface area contributed by atoms with Crippen molar-refractivity contribution in [1.29, 1.82) is 0 Å². The summed E-state index contributed by atoms with van der Waals surface area (Å²) in [6.07, 6.45) is 11.0. The second-order valence-corrected chi connectivity index (χ2v) is 7.26. The van der Waals surface area contributed by atoms with E-state index in [0.717, 1.165) is 45.0 Å². The molecule has 0 saturated heterocycles. The van der Waals surface area contributed by atoms with Gasteiger partial charge in [0.05, 0.1) is 4.92 Å². The number of unbranched alkanes of at least 4 members (excludes halogenated alkanes) is 3. The number of benzene rings is 2. The number of hydrogen-bond acceptors (Lipinski definition) is 3. The Hall–Kier alpha value is -3.47. The Bertz CT molecular complexity index is 1210. The number of H-pyrrole nitrogens is 1. The molecule has 0 radical (unpaired) electrons. The number of hydrogen-bond donors (Lipinski definition) is 1. The first-order valence-corrected chi connectivity index (χ1v) is 9.98. The van der Waals surface area contributed by atoms with E-state index in [9.17, 15) is 10.1 Å². The standard InChI is InChI=1S/C24H23N3O2/c1-2-3-4-5-6-8-17-13-22-21-15-19(11-12-23(21)26-24(22)25-16-17)18-9-7-10-20(14-18)27(28)29/h6-16H,2-5H2,1H3,(H,25,26)/b8-6+. The normalized spacial score (nSPS) is 11.6. The highest BCUT2D eigenvalue weighted by molar-refractivity contribution is 6.07. The van der Waals surface area contributed by atoms with Crippen LogP contribution in [0.15, 0.2) is 60.8 Å². The van der Waals surface area contributed by atoms with Crippen molar-refractivity contribution in [2.75, 3.05) is 0 Å². The molecular formula is C24H23N3O2. The molecule has 29 heavy (non-hydrogen) atoms. The van der Waals surface area contributed by atoms with Gasteiger partial charge in [0, 0.05) is 34.6 Å². The van der Waals surface area contributed by atoms with Gasteiger partial charge in [-0.2, -0.15) is 0 Å². The number of allylic oxidation sites excluding steroid dienone is 1. The van der Waals surface area contributed by atoms with E-state index in [4.69, 9.17) is 0 Å². The maximum atomic E-state index is 11.1. The van der Waals surface area contributed by atoms with E-state index in [1.165, 1.54) is 25.3 Å².